The van der Waals surface area contributed by atoms with Crippen LogP contribution in [-0.4, -0.2) is 9.55 Å². The van der Waals surface area contributed by atoms with Crippen LogP contribution in [0.5, 0.6) is 0 Å². The van der Waals surface area contributed by atoms with Crippen LogP contribution in [0.1, 0.15) is 19.4 Å². The summed E-state index contributed by atoms with van der Waals surface area (Å²) in [6, 6.07) is 11.5. The molecule has 4 nitrogen and oxygen atoms in total. The van der Waals surface area contributed by atoms with Gasteiger partial charge in [0.1, 0.15) is 0 Å². The van der Waals surface area contributed by atoms with E-state index in [1.807, 2.05) is 30.3 Å². The lowest BCUT2D eigenvalue weighted by molar-refractivity contribution is 0.522. The number of furan rings is 1. The van der Waals surface area contributed by atoms with Gasteiger partial charge >= 0.3 is 0 Å². The summed E-state index contributed by atoms with van der Waals surface area (Å²) in [6.45, 7) is 5.20. The zero-order valence-corrected chi connectivity index (χ0v) is 11.5. The van der Waals surface area contributed by atoms with Crippen molar-refractivity contribution in [2.24, 2.45) is 5.92 Å². The SMILES string of the molecule is CC(C)Cn1c(-c2ccco2)nc2cc(C#N)ccc21. The van der Waals surface area contributed by atoms with E-state index in [-0.39, 0.29) is 0 Å². The molecule has 4 heteroatoms. The third-order valence-corrected chi connectivity index (χ3v) is 3.17. The highest BCUT2D eigenvalue weighted by molar-refractivity contribution is 5.81. The first kappa shape index (κ1) is 12.5. The number of nitriles is 1. The van der Waals surface area contributed by atoms with Crippen molar-refractivity contribution < 1.29 is 4.42 Å². The van der Waals surface area contributed by atoms with Crippen molar-refractivity contribution in [1.82, 2.24) is 9.55 Å². The normalized spacial score (nSPS) is 11.1. The molecule has 0 aliphatic carbocycles. The molecule has 0 saturated heterocycles. The Kier molecular flexibility index (Phi) is 3.03. The fraction of sp³-hybridized carbons (Fsp3) is 0.250. The molecule has 3 rings (SSSR count). The zero-order chi connectivity index (χ0) is 14.1. The fourth-order valence-electron chi connectivity index (χ4n) is 2.34. The van der Waals surface area contributed by atoms with E-state index in [1.165, 1.54) is 0 Å². The van der Waals surface area contributed by atoms with Gasteiger partial charge in [0, 0.05) is 6.54 Å². The molecule has 0 aliphatic rings. The third-order valence-electron chi connectivity index (χ3n) is 3.17. The molecule has 0 bridgehead atoms. The summed E-state index contributed by atoms with van der Waals surface area (Å²) >= 11 is 0. The van der Waals surface area contributed by atoms with Gasteiger partial charge in [-0.2, -0.15) is 5.26 Å². The predicted molar refractivity (Wildman–Crippen MR) is 77.0 cm³/mol. The van der Waals surface area contributed by atoms with E-state index in [0.717, 1.165) is 29.2 Å². The molecule has 20 heavy (non-hydrogen) atoms. The molecule has 1 aromatic carbocycles. The van der Waals surface area contributed by atoms with Crippen LogP contribution in [-0.2, 0) is 6.54 Å². The van der Waals surface area contributed by atoms with Gasteiger partial charge in [-0.1, -0.05) is 13.8 Å². The fourth-order valence-corrected chi connectivity index (χ4v) is 2.34. The highest BCUT2D eigenvalue weighted by Crippen LogP contribution is 2.26. The molecule has 0 spiro atoms. The minimum atomic E-state index is 0.497. The minimum Gasteiger partial charge on any atom is -0.461 e. The largest absolute Gasteiger partial charge is 0.461 e. The number of aromatic nitrogens is 2. The molecule has 0 atom stereocenters. The van der Waals surface area contributed by atoms with Crippen LogP contribution in [0.2, 0.25) is 0 Å². The Labute approximate surface area is 117 Å². The first-order valence-electron chi connectivity index (χ1n) is 6.63. The zero-order valence-electron chi connectivity index (χ0n) is 11.5. The van der Waals surface area contributed by atoms with Crippen LogP contribution in [0.25, 0.3) is 22.6 Å². The Morgan fingerprint density at radius 2 is 2.20 bits per heavy atom. The Morgan fingerprint density at radius 3 is 2.85 bits per heavy atom. The van der Waals surface area contributed by atoms with Crippen molar-refractivity contribution in [3.63, 3.8) is 0 Å². The number of nitrogens with zero attached hydrogens (tertiary/aromatic N) is 3. The van der Waals surface area contributed by atoms with E-state index in [1.54, 1.807) is 6.26 Å². The Morgan fingerprint density at radius 1 is 1.35 bits per heavy atom. The second-order valence-electron chi connectivity index (χ2n) is 5.23. The summed E-state index contributed by atoms with van der Waals surface area (Å²) in [7, 11) is 0. The molecule has 0 radical (unpaired) electrons. The molecule has 3 aromatic rings. The summed E-state index contributed by atoms with van der Waals surface area (Å²) in [5, 5.41) is 9.00. The predicted octanol–water partition coefficient (Wildman–Crippen LogP) is 3.82. The third kappa shape index (κ3) is 2.08. The van der Waals surface area contributed by atoms with Gasteiger partial charge in [0.15, 0.2) is 11.6 Å². The maximum atomic E-state index is 9.00. The van der Waals surface area contributed by atoms with Crippen molar-refractivity contribution in [2.75, 3.05) is 0 Å². The van der Waals surface area contributed by atoms with Crippen molar-refractivity contribution in [2.45, 2.75) is 20.4 Å². The van der Waals surface area contributed by atoms with Gasteiger partial charge in [-0.3, -0.25) is 0 Å². The maximum Gasteiger partial charge on any atom is 0.177 e. The number of hydrogen-bond donors (Lipinski definition) is 0. The number of imidazole rings is 1. The molecule has 100 valence electrons. The van der Waals surface area contributed by atoms with E-state index in [2.05, 4.69) is 29.5 Å². The standard InChI is InChI=1S/C16H15N3O/c1-11(2)10-19-14-6-5-12(9-17)8-13(14)18-16(19)15-4-3-7-20-15/h3-8,11H,10H2,1-2H3. The van der Waals surface area contributed by atoms with Crippen LogP contribution in [0.4, 0.5) is 0 Å². The highest BCUT2D eigenvalue weighted by atomic mass is 16.3. The maximum absolute atomic E-state index is 9.00. The Bertz CT molecular complexity index is 776. The van der Waals surface area contributed by atoms with E-state index < -0.39 is 0 Å². The van der Waals surface area contributed by atoms with Crippen LogP contribution in [0.15, 0.2) is 41.0 Å². The van der Waals surface area contributed by atoms with Crippen LogP contribution in [0, 0.1) is 17.2 Å². The molecule has 0 amide bonds. The lowest BCUT2D eigenvalue weighted by Gasteiger charge is -2.10. The van der Waals surface area contributed by atoms with Crippen molar-refractivity contribution in [3.8, 4) is 17.7 Å². The van der Waals surface area contributed by atoms with Gasteiger partial charge in [-0.25, -0.2) is 4.98 Å². The van der Waals surface area contributed by atoms with Gasteiger partial charge in [-0.15, -0.1) is 0 Å². The summed E-state index contributed by atoms with van der Waals surface area (Å²) in [5.74, 6) is 2.06. The smallest absolute Gasteiger partial charge is 0.177 e. The van der Waals surface area contributed by atoms with Gasteiger partial charge < -0.3 is 8.98 Å². The van der Waals surface area contributed by atoms with Crippen LogP contribution in [0.3, 0.4) is 0 Å². The summed E-state index contributed by atoms with van der Waals surface area (Å²) < 4.78 is 7.63. The first-order chi connectivity index (χ1) is 9.69. The molecule has 0 saturated carbocycles. The lowest BCUT2D eigenvalue weighted by Crippen LogP contribution is -2.05. The van der Waals surface area contributed by atoms with Gasteiger partial charge in [-0.05, 0) is 36.2 Å². The van der Waals surface area contributed by atoms with Crippen molar-refractivity contribution in [3.05, 3.63) is 42.2 Å². The minimum absolute atomic E-state index is 0.497. The van der Waals surface area contributed by atoms with Gasteiger partial charge in [0.25, 0.3) is 0 Å². The highest BCUT2D eigenvalue weighted by Gasteiger charge is 2.15. The first-order valence-corrected chi connectivity index (χ1v) is 6.63. The van der Waals surface area contributed by atoms with Gasteiger partial charge in [0.05, 0.1) is 28.9 Å². The van der Waals surface area contributed by atoms with Gasteiger partial charge in [0.2, 0.25) is 0 Å². The second kappa shape index (κ2) is 4.86. The van der Waals surface area contributed by atoms with E-state index in [4.69, 9.17) is 9.68 Å². The number of hydrogen-bond acceptors (Lipinski definition) is 3. The molecule has 2 heterocycles. The number of benzene rings is 1. The second-order valence-corrected chi connectivity index (χ2v) is 5.23. The summed E-state index contributed by atoms with van der Waals surface area (Å²) in [6.07, 6.45) is 1.65. The molecular formula is C16H15N3O. The Hall–Kier alpha value is -2.54. The molecule has 0 N–H and O–H groups in total. The monoisotopic (exact) mass is 265 g/mol. The average Bonchev–Trinajstić information content (AvgIpc) is 3.05. The average molecular weight is 265 g/mol. The van der Waals surface area contributed by atoms with Crippen molar-refractivity contribution >= 4 is 11.0 Å². The Balaban J connectivity index is 2.24. The van der Waals surface area contributed by atoms with E-state index in [9.17, 15) is 0 Å². The lowest BCUT2D eigenvalue weighted by atomic mass is 10.2. The molecule has 0 fully saturated rings. The molecule has 2 aromatic heterocycles. The van der Waals surface area contributed by atoms with E-state index >= 15 is 0 Å². The quantitative estimate of drug-likeness (QED) is 0.723. The van der Waals surface area contributed by atoms with Crippen LogP contribution >= 0.6 is 0 Å². The summed E-state index contributed by atoms with van der Waals surface area (Å²) in [5.41, 5.74) is 2.48. The van der Waals surface area contributed by atoms with Crippen LogP contribution < -0.4 is 0 Å². The molecule has 0 unspecified atom stereocenters. The topological polar surface area (TPSA) is 54.8 Å². The number of rotatable bonds is 3. The van der Waals surface area contributed by atoms with E-state index in [0.29, 0.717) is 11.5 Å². The molecule has 0 aliphatic heterocycles. The number of fused-ring (bicyclic) bond motifs is 1. The summed E-state index contributed by atoms with van der Waals surface area (Å²) in [4.78, 5) is 4.63. The molecular weight excluding hydrogens is 250 g/mol. The van der Waals surface area contributed by atoms with Crippen molar-refractivity contribution in [1.29, 1.82) is 5.26 Å².